The van der Waals surface area contributed by atoms with Crippen LogP contribution in [-0.2, 0) is 14.3 Å². The second kappa shape index (κ2) is 7.04. The lowest BCUT2D eigenvalue weighted by atomic mass is 9.96. The third kappa shape index (κ3) is 4.18. The molecule has 0 aromatic rings. The van der Waals surface area contributed by atoms with Gasteiger partial charge < -0.3 is 20.5 Å². The molecule has 3 atom stereocenters. The maximum absolute atomic E-state index is 11.8. The van der Waals surface area contributed by atoms with Crippen molar-refractivity contribution in [3.8, 4) is 0 Å². The molecule has 6 nitrogen and oxygen atoms in total. The van der Waals surface area contributed by atoms with E-state index >= 15 is 0 Å². The molecular weight excluding hydrogens is 260 g/mol. The summed E-state index contributed by atoms with van der Waals surface area (Å²) in [5.74, 6) is 0.191. The third-order valence-electron chi connectivity index (χ3n) is 3.86. The highest BCUT2D eigenvalue weighted by Gasteiger charge is 2.36. The van der Waals surface area contributed by atoms with Crippen LogP contribution < -0.4 is 10.6 Å². The van der Waals surface area contributed by atoms with Gasteiger partial charge in [0.05, 0.1) is 25.2 Å². The Balaban J connectivity index is 1.80. The highest BCUT2D eigenvalue weighted by molar-refractivity contribution is 5.81. The average molecular weight is 284 g/mol. The first-order valence-corrected chi connectivity index (χ1v) is 7.47. The predicted octanol–water partition coefficient (Wildman–Crippen LogP) is -0.0527. The number of aliphatic hydroxyl groups excluding tert-OH is 1. The minimum Gasteiger partial charge on any atom is -0.394 e. The van der Waals surface area contributed by atoms with Crippen LogP contribution in [0.3, 0.4) is 0 Å². The summed E-state index contributed by atoms with van der Waals surface area (Å²) in [7, 11) is 0. The van der Waals surface area contributed by atoms with E-state index in [2.05, 4.69) is 10.6 Å². The Morgan fingerprint density at radius 1 is 1.25 bits per heavy atom. The van der Waals surface area contributed by atoms with E-state index in [1.807, 2.05) is 6.92 Å². The van der Waals surface area contributed by atoms with Gasteiger partial charge in [0.2, 0.25) is 11.8 Å². The van der Waals surface area contributed by atoms with Crippen LogP contribution in [0.25, 0.3) is 0 Å². The predicted molar refractivity (Wildman–Crippen MR) is 72.9 cm³/mol. The summed E-state index contributed by atoms with van der Waals surface area (Å²) in [6, 6.07) is -0.140. The smallest absolute Gasteiger partial charge is 0.223 e. The van der Waals surface area contributed by atoms with Gasteiger partial charge in [-0.2, -0.15) is 0 Å². The summed E-state index contributed by atoms with van der Waals surface area (Å²) in [5, 5.41) is 15.1. The summed E-state index contributed by atoms with van der Waals surface area (Å²) in [6.07, 6.45) is 3.12. The van der Waals surface area contributed by atoms with Crippen LogP contribution in [0.4, 0.5) is 0 Å². The molecule has 0 aromatic carbocycles. The number of carbonyl (C=O) groups is 2. The zero-order valence-corrected chi connectivity index (χ0v) is 11.9. The lowest BCUT2D eigenvalue weighted by Gasteiger charge is -2.36. The molecule has 1 saturated carbocycles. The van der Waals surface area contributed by atoms with E-state index in [0.29, 0.717) is 13.0 Å². The summed E-state index contributed by atoms with van der Waals surface area (Å²) < 4.78 is 5.74. The molecule has 6 heteroatoms. The Morgan fingerprint density at radius 3 is 2.60 bits per heavy atom. The van der Waals surface area contributed by atoms with Crippen molar-refractivity contribution < 1.29 is 19.4 Å². The second-order valence-corrected chi connectivity index (χ2v) is 5.60. The van der Waals surface area contributed by atoms with E-state index < -0.39 is 6.10 Å². The van der Waals surface area contributed by atoms with Gasteiger partial charge in [-0.05, 0) is 32.6 Å². The van der Waals surface area contributed by atoms with Crippen LogP contribution >= 0.6 is 0 Å². The molecule has 0 bridgehead atoms. The molecule has 0 aromatic heterocycles. The number of amides is 2. The minimum absolute atomic E-state index is 0.0327. The zero-order chi connectivity index (χ0) is 14.5. The molecule has 0 spiro atoms. The first kappa shape index (κ1) is 15.3. The Kier molecular flexibility index (Phi) is 5.37. The molecule has 0 unspecified atom stereocenters. The fraction of sp³-hybridized carbons (Fsp3) is 0.857. The van der Waals surface area contributed by atoms with Crippen molar-refractivity contribution in [1.82, 2.24) is 10.6 Å². The number of nitrogens with one attached hydrogen (secondary N) is 2. The lowest BCUT2D eigenvalue weighted by molar-refractivity contribution is -0.136. The zero-order valence-electron chi connectivity index (χ0n) is 11.9. The molecule has 0 radical (unpaired) electrons. The van der Waals surface area contributed by atoms with E-state index in [4.69, 9.17) is 4.74 Å². The Labute approximate surface area is 119 Å². The first-order chi connectivity index (χ1) is 9.63. The van der Waals surface area contributed by atoms with Gasteiger partial charge in [0, 0.05) is 12.5 Å². The number of rotatable bonds is 6. The first-order valence-electron chi connectivity index (χ1n) is 7.47. The van der Waals surface area contributed by atoms with Crippen molar-refractivity contribution in [1.29, 1.82) is 0 Å². The van der Waals surface area contributed by atoms with Crippen molar-refractivity contribution in [3.05, 3.63) is 0 Å². The van der Waals surface area contributed by atoms with Crippen molar-refractivity contribution in [2.24, 2.45) is 5.92 Å². The summed E-state index contributed by atoms with van der Waals surface area (Å²) in [5.41, 5.74) is 0. The SMILES string of the molecule is CCNC(=O)C[C@H]1CC[C@H](NC(=O)C2CC2)[C@H](CO)O1. The quantitative estimate of drug-likeness (QED) is 0.638. The van der Waals surface area contributed by atoms with E-state index in [0.717, 1.165) is 25.7 Å². The van der Waals surface area contributed by atoms with Crippen LogP contribution in [0, 0.1) is 5.92 Å². The van der Waals surface area contributed by atoms with Crippen molar-refractivity contribution in [3.63, 3.8) is 0 Å². The molecule has 2 rings (SSSR count). The molecule has 2 aliphatic rings. The van der Waals surface area contributed by atoms with Gasteiger partial charge in [-0.25, -0.2) is 0 Å². The Hall–Kier alpha value is -1.14. The summed E-state index contributed by atoms with van der Waals surface area (Å²) >= 11 is 0. The molecule has 1 heterocycles. The van der Waals surface area contributed by atoms with Crippen LogP contribution in [0.15, 0.2) is 0 Å². The van der Waals surface area contributed by atoms with Gasteiger partial charge in [0.1, 0.15) is 6.10 Å². The van der Waals surface area contributed by atoms with Crippen LogP contribution in [0.2, 0.25) is 0 Å². The topological polar surface area (TPSA) is 87.7 Å². The Bertz CT molecular complexity index is 357. The second-order valence-electron chi connectivity index (χ2n) is 5.60. The molecule has 2 amide bonds. The molecule has 20 heavy (non-hydrogen) atoms. The standard InChI is InChI=1S/C14H24N2O4/c1-2-15-13(18)7-10-5-6-11(12(8-17)20-10)16-14(19)9-3-4-9/h9-12,17H,2-8H2,1H3,(H,15,18)(H,16,19)/t10-,11+,12+/m1/s1. The monoisotopic (exact) mass is 284 g/mol. The van der Waals surface area contributed by atoms with Gasteiger partial charge in [0.15, 0.2) is 0 Å². The normalized spacial score (nSPS) is 29.8. The summed E-state index contributed by atoms with van der Waals surface area (Å²) in [6.45, 7) is 2.34. The molecule has 1 aliphatic heterocycles. The number of hydrogen-bond donors (Lipinski definition) is 3. The molecule has 1 aliphatic carbocycles. The van der Waals surface area contributed by atoms with Gasteiger partial charge >= 0.3 is 0 Å². The molecule has 1 saturated heterocycles. The van der Waals surface area contributed by atoms with Gasteiger partial charge in [-0.15, -0.1) is 0 Å². The summed E-state index contributed by atoms with van der Waals surface area (Å²) in [4.78, 5) is 23.3. The average Bonchev–Trinajstić information content (AvgIpc) is 3.25. The minimum atomic E-state index is -0.411. The molecule has 3 N–H and O–H groups in total. The van der Waals surface area contributed by atoms with Crippen molar-refractivity contribution >= 4 is 11.8 Å². The Morgan fingerprint density at radius 2 is 2.00 bits per heavy atom. The number of carbonyl (C=O) groups excluding carboxylic acids is 2. The van der Waals surface area contributed by atoms with E-state index in [1.165, 1.54) is 0 Å². The van der Waals surface area contributed by atoms with Crippen LogP contribution in [0.1, 0.15) is 39.0 Å². The maximum atomic E-state index is 11.8. The van der Waals surface area contributed by atoms with Gasteiger partial charge in [-0.1, -0.05) is 0 Å². The number of aliphatic hydroxyl groups is 1. The van der Waals surface area contributed by atoms with E-state index in [1.54, 1.807) is 0 Å². The highest BCUT2D eigenvalue weighted by atomic mass is 16.5. The largest absolute Gasteiger partial charge is 0.394 e. The molecular formula is C14H24N2O4. The van der Waals surface area contributed by atoms with Crippen LogP contribution in [-0.4, -0.2) is 48.3 Å². The number of hydrogen-bond acceptors (Lipinski definition) is 4. The molecule has 2 fully saturated rings. The maximum Gasteiger partial charge on any atom is 0.223 e. The fourth-order valence-corrected chi connectivity index (χ4v) is 2.57. The van der Waals surface area contributed by atoms with Gasteiger partial charge in [0.25, 0.3) is 0 Å². The highest BCUT2D eigenvalue weighted by Crippen LogP contribution is 2.30. The number of ether oxygens (including phenoxy) is 1. The van der Waals surface area contributed by atoms with E-state index in [-0.39, 0.29) is 36.5 Å². The van der Waals surface area contributed by atoms with Crippen LogP contribution in [0.5, 0.6) is 0 Å². The third-order valence-corrected chi connectivity index (χ3v) is 3.86. The van der Waals surface area contributed by atoms with Crippen molar-refractivity contribution in [2.75, 3.05) is 13.2 Å². The fourth-order valence-electron chi connectivity index (χ4n) is 2.57. The molecule has 114 valence electrons. The lowest BCUT2D eigenvalue weighted by Crippen LogP contribution is -2.51. The van der Waals surface area contributed by atoms with E-state index in [9.17, 15) is 14.7 Å². The van der Waals surface area contributed by atoms with Gasteiger partial charge in [-0.3, -0.25) is 9.59 Å². The van der Waals surface area contributed by atoms with Crippen molar-refractivity contribution in [2.45, 2.75) is 57.3 Å².